The first kappa shape index (κ1) is 24.2. The second kappa shape index (κ2) is 11.5. The molecule has 5 rings (SSSR count). The summed E-state index contributed by atoms with van der Waals surface area (Å²) in [5.74, 6) is 2.99. The lowest BCUT2D eigenvalue weighted by Crippen LogP contribution is -2.26. The Morgan fingerprint density at radius 2 is 1.81 bits per heavy atom. The van der Waals surface area contributed by atoms with Crippen LogP contribution in [-0.4, -0.2) is 43.5 Å². The molecule has 1 aliphatic carbocycles. The molecule has 2 aliphatic rings. The van der Waals surface area contributed by atoms with E-state index in [1.165, 1.54) is 18.4 Å². The molecule has 0 saturated carbocycles. The molecular formula is C30H35N3O3. The lowest BCUT2D eigenvalue weighted by atomic mass is 9.90. The van der Waals surface area contributed by atoms with Crippen molar-refractivity contribution in [2.75, 3.05) is 33.9 Å². The number of hydrogen-bond donors (Lipinski definition) is 1. The number of methoxy groups -OCH3 is 2. The second-order valence-electron chi connectivity index (χ2n) is 9.42. The average molecular weight is 486 g/mol. The third-order valence-electron chi connectivity index (χ3n) is 7.05. The van der Waals surface area contributed by atoms with Gasteiger partial charge in [-0.2, -0.15) is 0 Å². The van der Waals surface area contributed by atoms with Crippen LogP contribution in [0.2, 0.25) is 0 Å². The summed E-state index contributed by atoms with van der Waals surface area (Å²) < 4.78 is 19.4. The van der Waals surface area contributed by atoms with Crippen LogP contribution >= 0.6 is 0 Å². The maximum absolute atomic E-state index is 6.14. The van der Waals surface area contributed by atoms with Crippen molar-refractivity contribution < 1.29 is 14.2 Å². The SMILES string of the molecule is COC1=CCC/C=C(\COc2ccc(Cn3cnc4cc(C5CCNCC5)ccc43)cc2OC)C=C1. The fourth-order valence-corrected chi connectivity index (χ4v) is 4.98. The summed E-state index contributed by atoms with van der Waals surface area (Å²) in [4.78, 5) is 4.70. The van der Waals surface area contributed by atoms with Gasteiger partial charge in [-0.25, -0.2) is 4.98 Å². The van der Waals surface area contributed by atoms with Crippen LogP contribution < -0.4 is 14.8 Å². The number of nitrogens with one attached hydrogen (secondary N) is 1. The zero-order valence-electron chi connectivity index (χ0n) is 21.2. The first-order valence-corrected chi connectivity index (χ1v) is 12.8. The smallest absolute Gasteiger partial charge is 0.161 e. The third kappa shape index (κ3) is 5.65. The van der Waals surface area contributed by atoms with Crippen LogP contribution in [0.25, 0.3) is 11.0 Å². The number of benzene rings is 2. The fraction of sp³-hybridized carbons (Fsp3) is 0.367. The molecule has 0 spiro atoms. The van der Waals surface area contributed by atoms with E-state index in [9.17, 15) is 0 Å². The van der Waals surface area contributed by atoms with Gasteiger partial charge in [-0.05, 0) is 97.8 Å². The molecule has 0 bridgehead atoms. The van der Waals surface area contributed by atoms with Gasteiger partial charge in [-0.15, -0.1) is 0 Å². The van der Waals surface area contributed by atoms with Crippen LogP contribution in [-0.2, 0) is 11.3 Å². The lowest BCUT2D eigenvalue weighted by Gasteiger charge is -2.22. The molecule has 0 atom stereocenters. The summed E-state index contributed by atoms with van der Waals surface area (Å²) >= 11 is 0. The molecule has 0 unspecified atom stereocenters. The first-order valence-electron chi connectivity index (χ1n) is 12.8. The Hall–Kier alpha value is -3.51. The van der Waals surface area contributed by atoms with Crippen molar-refractivity contribution in [3.8, 4) is 11.5 Å². The largest absolute Gasteiger partial charge is 0.497 e. The molecule has 1 saturated heterocycles. The van der Waals surface area contributed by atoms with E-state index in [-0.39, 0.29) is 0 Å². The number of rotatable bonds is 8. The Bertz CT molecular complexity index is 1280. The molecule has 1 aliphatic heterocycles. The minimum atomic E-state index is 0.481. The highest BCUT2D eigenvalue weighted by atomic mass is 16.5. The highest BCUT2D eigenvalue weighted by Gasteiger charge is 2.16. The highest BCUT2D eigenvalue weighted by Crippen LogP contribution is 2.31. The van der Waals surface area contributed by atoms with Crippen molar-refractivity contribution >= 4 is 11.0 Å². The van der Waals surface area contributed by atoms with Gasteiger partial charge in [-0.3, -0.25) is 0 Å². The molecule has 0 amide bonds. The van der Waals surface area contributed by atoms with Crippen LogP contribution in [0.15, 0.2) is 78.4 Å². The number of nitrogens with zero attached hydrogens (tertiary/aromatic N) is 2. The van der Waals surface area contributed by atoms with Crippen molar-refractivity contribution in [3.63, 3.8) is 0 Å². The van der Waals surface area contributed by atoms with Crippen LogP contribution in [0.4, 0.5) is 0 Å². The van der Waals surface area contributed by atoms with E-state index < -0.39 is 0 Å². The maximum atomic E-state index is 6.14. The summed E-state index contributed by atoms with van der Waals surface area (Å²) in [7, 11) is 3.38. The number of aromatic nitrogens is 2. The topological polar surface area (TPSA) is 57.5 Å². The molecule has 1 N–H and O–H groups in total. The summed E-state index contributed by atoms with van der Waals surface area (Å²) in [5.41, 5.74) is 5.88. The molecule has 1 aromatic heterocycles. The van der Waals surface area contributed by atoms with Gasteiger partial charge in [0.05, 0.1) is 31.6 Å². The second-order valence-corrected chi connectivity index (χ2v) is 9.42. The molecular weight excluding hydrogens is 450 g/mol. The highest BCUT2D eigenvalue weighted by molar-refractivity contribution is 5.76. The minimum Gasteiger partial charge on any atom is -0.497 e. The van der Waals surface area contributed by atoms with Gasteiger partial charge in [0.2, 0.25) is 0 Å². The van der Waals surface area contributed by atoms with E-state index in [0.29, 0.717) is 12.5 Å². The number of piperidine rings is 1. The van der Waals surface area contributed by atoms with Crippen molar-refractivity contribution in [2.45, 2.75) is 38.1 Å². The van der Waals surface area contributed by atoms with Crippen LogP contribution in [0.3, 0.4) is 0 Å². The Labute approximate surface area is 213 Å². The van der Waals surface area contributed by atoms with Crippen molar-refractivity contribution in [1.29, 1.82) is 0 Å². The zero-order valence-corrected chi connectivity index (χ0v) is 21.2. The van der Waals surface area contributed by atoms with Crippen LogP contribution in [0, 0.1) is 0 Å². The number of fused-ring (bicyclic) bond motifs is 1. The van der Waals surface area contributed by atoms with E-state index in [1.54, 1.807) is 14.2 Å². The Balaban J connectivity index is 1.27. The van der Waals surface area contributed by atoms with E-state index in [0.717, 1.165) is 71.9 Å². The monoisotopic (exact) mass is 485 g/mol. The first-order chi connectivity index (χ1) is 17.7. The van der Waals surface area contributed by atoms with Crippen LogP contribution in [0.1, 0.15) is 42.7 Å². The standard InChI is InChI=1S/C30H35N3O3/c1-34-26-6-4-3-5-22(7-10-26)20-36-29-12-8-23(17-30(29)35-2)19-33-21-32-27-18-25(9-11-28(27)33)24-13-15-31-16-14-24/h5-12,17-18,21,24,31H,3-4,13-16,19-20H2,1-2H3/b10-7?,22-5-,26-6?. The number of imidazole rings is 1. The molecule has 6 nitrogen and oxygen atoms in total. The van der Waals surface area contributed by atoms with Crippen molar-refractivity contribution in [1.82, 2.24) is 14.9 Å². The molecule has 0 radical (unpaired) electrons. The third-order valence-corrected chi connectivity index (χ3v) is 7.05. The lowest BCUT2D eigenvalue weighted by molar-refractivity contribution is 0.304. The van der Waals surface area contributed by atoms with E-state index in [1.807, 2.05) is 18.5 Å². The maximum Gasteiger partial charge on any atom is 0.161 e. The van der Waals surface area contributed by atoms with E-state index >= 15 is 0 Å². The summed E-state index contributed by atoms with van der Waals surface area (Å²) in [6.07, 6.45) is 14.6. The molecule has 36 heavy (non-hydrogen) atoms. The van der Waals surface area contributed by atoms with Gasteiger partial charge >= 0.3 is 0 Å². The molecule has 6 heteroatoms. The normalized spacial score (nSPS) is 18.2. The van der Waals surface area contributed by atoms with Gasteiger partial charge in [0, 0.05) is 6.54 Å². The summed E-state index contributed by atoms with van der Waals surface area (Å²) in [6.45, 7) is 3.40. The van der Waals surface area contributed by atoms with Crippen molar-refractivity contribution in [2.24, 2.45) is 0 Å². The molecule has 2 aromatic carbocycles. The molecule has 1 fully saturated rings. The van der Waals surface area contributed by atoms with Gasteiger partial charge in [0.25, 0.3) is 0 Å². The summed E-state index contributed by atoms with van der Waals surface area (Å²) in [5, 5.41) is 3.45. The van der Waals surface area contributed by atoms with Gasteiger partial charge in [0.1, 0.15) is 12.4 Å². The number of hydrogen-bond acceptors (Lipinski definition) is 5. The molecule has 188 valence electrons. The predicted octanol–water partition coefficient (Wildman–Crippen LogP) is 5.75. The quantitative estimate of drug-likeness (QED) is 0.441. The zero-order chi connectivity index (χ0) is 24.7. The molecule has 3 aromatic rings. The predicted molar refractivity (Wildman–Crippen MR) is 144 cm³/mol. The van der Waals surface area contributed by atoms with Gasteiger partial charge < -0.3 is 24.1 Å². The number of allylic oxidation sites excluding steroid dienone is 3. The average Bonchev–Trinajstić information content (AvgIpc) is 3.31. The van der Waals surface area contributed by atoms with E-state index in [4.69, 9.17) is 19.2 Å². The Kier molecular flexibility index (Phi) is 7.72. The molecule has 2 heterocycles. The van der Waals surface area contributed by atoms with Crippen LogP contribution in [0.5, 0.6) is 11.5 Å². The minimum absolute atomic E-state index is 0.481. The van der Waals surface area contributed by atoms with Crippen molar-refractivity contribution in [3.05, 3.63) is 89.5 Å². The van der Waals surface area contributed by atoms with Gasteiger partial charge in [0.15, 0.2) is 11.5 Å². The van der Waals surface area contributed by atoms with Gasteiger partial charge in [-0.1, -0.05) is 24.3 Å². The Morgan fingerprint density at radius 1 is 0.944 bits per heavy atom. The Morgan fingerprint density at radius 3 is 2.64 bits per heavy atom. The number of ether oxygens (including phenoxy) is 3. The van der Waals surface area contributed by atoms with E-state index in [2.05, 4.69) is 58.4 Å². The fourth-order valence-electron chi connectivity index (χ4n) is 4.98. The summed E-state index contributed by atoms with van der Waals surface area (Å²) in [6, 6.07) is 12.9.